The van der Waals surface area contributed by atoms with Crippen molar-refractivity contribution in [1.29, 1.82) is 0 Å². The third kappa shape index (κ3) is 2.21. The molecule has 0 saturated carbocycles. The first-order valence-electron chi connectivity index (χ1n) is 5.49. The Morgan fingerprint density at radius 3 is 3.00 bits per heavy atom. The van der Waals surface area contributed by atoms with Crippen molar-refractivity contribution < 1.29 is 8.42 Å². The van der Waals surface area contributed by atoms with Gasteiger partial charge >= 0.3 is 0 Å². The average molecular weight is 331 g/mol. The fraction of sp³-hybridized carbons (Fsp3) is 0.250. The highest BCUT2D eigenvalue weighted by Gasteiger charge is 2.26. The highest BCUT2D eigenvalue weighted by Crippen LogP contribution is 2.27. The van der Waals surface area contributed by atoms with E-state index in [0.29, 0.717) is 17.3 Å². The molecule has 0 radical (unpaired) electrons. The van der Waals surface area contributed by atoms with Crippen molar-refractivity contribution in [1.82, 2.24) is 24.2 Å². The fourth-order valence-electron chi connectivity index (χ4n) is 1.64. The standard InChI is InChI=1S/C8H9N7O2S3/c1-2-9-5-6(15-3-4-18-8(15)10-5)20(16,17)12-7-11-13-14-19-7/h3-4,9H,2H2,1H3,(H,11,12,14). The molecular weight excluding hydrogens is 322 g/mol. The number of nitrogens with zero attached hydrogens (tertiary/aromatic N) is 5. The van der Waals surface area contributed by atoms with Gasteiger partial charge in [-0.15, -0.1) is 11.3 Å². The third-order valence-electron chi connectivity index (χ3n) is 2.34. The van der Waals surface area contributed by atoms with Crippen LogP contribution < -0.4 is 10.0 Å². The maximum Gasteiger partial charge on any atom is 0.283 e. The highest BCUT2D eigenvalue weighted by atomic mass is 32.2. The van der Waals surface area contributed by atoms with Crippen LogP contribution in [0.1, 0.15) is 6.92 Å². The number of anilines is 2. The Bertz CT molecular complexity index is 820. The van der Waals surface area contributed by atoms with Gasteiger partial charge in [0.15, 0.2) is 10.8 Å². The van der Waals surface area contributed by atoms with Gasteiger partial charge in [0.1, 0.15) is 0 Å². The number of fused-ring (bicyclic) bond motifs is 1. The molecule has 9 nitrogen and oxygen atoms in total. The van der Waals surface area contributed by atoms with Crippen molar-refractivity contribution in [2.24, 2.45) is 0 Å². The molecule has 0 bridgehead atoms. The van der Waals surface area contributed by atoms with Crippen molar-refractivity contribution in [2.75, 3.05) is 16.6 Å². The fourth-order valence-corrected chi connectivity index (χ4v) is 4.26. The molecule has 0 saturated heterocycles. The van der Waals surface area contributed by atoms with Crippen molar-refractivity contribution in [3.8, 4) is 0 Å². The van der Waals surface area contributed by atoms with Crippen LogP contribution in [0.25, 0.3) is 4.96 Å². The second kappa shape index (κ2) is 4.96. The van der Waals surface area contributed by atoms with E-state index in [4.69, 9.17) is 0 Å². The lowest BCUT2D eigenvalue weighted by Gasteiger charge is -2.06. The van der Waals surface area contributed by atoms with Gasteiger partial charge in [-0.3, -0.25) is 9.12 Å². The van der Waals surface area contributed by atoms with Crippen molar-refractivity contribution in [3.05, 3.63) is 11.6 Å². The summed E-state index contributed by atoms with van der Waals surface area (Å²) in [5.41, 5.74) is 0. The van der Waals surface area contributed by atoms with E-state index in [9.17, 15) is 8.42 Å². The Labute approximate surface area is 121 Å². The van der Waals surface area contributed by atoms with E-state index in [1.165, 1.54) is 15.7 Å². The lowest BCUT2D eigenvalue weighted by atomic mass is 10.6. The minimum atomic E-state index is -3.83. The maximum atomic E-state index is 12.5. The molecule has 3 aromatic heterocycles. The van der Waals surface area contributed by atoms with E-state index in [2.05, 4.69) is 29.8 Å². The second-order valence-electron chi connectivity index (χ2n) is 3.62. The van der Waals surface area contributed by atoms with Gasteiger partial charge in [-0.25, -0.2) is 4.98 Å². The largest absolute Gasteiger partial charge is 0.368 e. The van der Waals surface area contributed by atoms with Gasteiger partial charge in [0.2, 0.25) is 10.2 Å². The molecule has 2 N–H and O–H groups in total. The monoisotopic (exact) mass is 331 g/mol. The van der Waals surface area contributed by atoms with Gasteiger partial charge in [-0.2, -0.15) is 8.42 Å². The molecule has 20 heavy (non-hydrogen) atoms. The van der Waals surface area contributed by atoms with E-state index in [0.717, 1.165) is 11.5 Å². The van der Waals surface area contributed by atoms with Crippen LogP contribution in [0.5, 0.6) is 0 Å². The van der Waals surface area contributed by atoms with Crippen molar-refractivity contribution in [2.45, 2.75) is 11.9 Å². The summed E-state index contributed by atoms with van der Waals surface area (Å²) in [5.74, 6) is 0.310. The lowest BCUT2D eigenvalue weighted by Crippen LogP contribution is -2.17. The molecule has 3 aromatic rings. The number of hydrogen-bond donors (Lipinski definition) is 2. The average Bonchev–Trinajstić information content (AvgIpc) is 3.04. The SMILES string of the molecule is CCNc1nc2sccn2c1S(=O)(=O)Nc1nnns1. The van der Waals surface area contributed by atoms with E-state index in [1.54, 1.807) is 11.6 Å². The predicted molar refractivity (Wildman–Crippen MR) is 75.7 cm³/mol. The summed E-state index contributed by atoms with van der Waals surface area (Å²) in [6.45, 7) is 2.43. The molecule has 3 heterocycles. The van der Waals surface area contributed by atoms with E-state index in [1.807, 2.05) is 6.92 Å². The van der Waals surface area contributed by atoms with E-state index >= 15 is 0 Å². The normalized spacial score (nSPS) is 11.8. The molecule has 0 aliphatic carbocycles. The molecule has 0 fully saturated rings. The number of aromatic nitrogens is 5. The Morgan fingerprint density at radius 2 is 2.30 bits per heavy atom. The van der Waals surface area contributed by atoms with Crippen LogP contribution >= 0.6 is 22.9 Å². The molecule has 12 heteroatoms. The van der Waals surface area contributed by atoms with Gasteiger partial charge < -0.3 is 5.32 Å². The molecule has 0 aliphatic rings. The number of nitrogens with one attached hydrogen (secondary N) is 2. The zero-order valence-electron chi connectivity index (χ0n) is 10.1. The Hall–Kier alpha value is -1.79. The zero-order chi connectivity index (χ0) is 14.2. The topological polar surface area (TPSA) is 114 Å². The molecule has 0 atom stereocenters. The zero-order valence-corrected chi connectivity index (χ0v) is 12.6. The number of hydrogen-bond acceptors (Lipinski definition) is 9. The molecule has 0 unspecified atom stereocenters. The molecular formula is C8H9N7O2S3. The van der Waals surface area contributed by atoms with Crippen molar-refractivity contribution >= 4 is 48.8 Å². The van der Waals surface area contributed by atoms with Crippen LogP contribution in [0.4, 0.5) is 10.9 Å². The summed E-state index contributed by atoms with van der Waals surface area (Å²) in [5, 5.41) is 11.8. The summed E-state index contributed by atoms with van der Waals surface area (Å²) in [6.07, 6.45) is 1.65. The van der Waals surface area contributed by atoms with Crippen LogP contribution in [0.3, 0.4) is 0 Å². The van der Waals surface area contributed by atoms with Gasteiger partial charge in [0.25, 0.3) is 10.0 Å². The van der Waals surface area contributed by atoms with E-state index in [-0.39, 0.29) is 10.2 Å². The smallest absolute Gasteiger partial charge is 0.283 e. The quantitative estimate of drug-likeness (QED) is 0.713. The van der Waals surface area contributed by atoms with Crippen LogP contribution in [-0.4, -0.2) is 39.1 Å². The number of thiazole rings is 1. The van der Waals surface area contributed by atoms with Crippen LogP contribution in [0, 0.1) is 0 Å². The second-order valence-corrected chi connectivity index (χ2v) is 6.83. The predicted octanol–water partition coefficient (Wildman–Crippen LogP) is 0.875. The molecule has 0 aromatic carbocycles. The highest BCUT2D eigenvalue weighted by molar-refractivity contribution is 7.93. The number of sulfonamides is 1. The van der Waals surface area contributed by atoms with Gasteiger partial charge in [-0.1, -0.05) is 9.59 Å². The first-order valence-corrected chi connectivity index (χ1v) is 8.62. The Balaban J connectivity index is 2.11. The minimum absolute atomic E-state index is 0.0470. The van der Waals surface area contributed by atoms with Crippen molar-refractivity contribution in [3.63, 3.8) is 0 Å². The Morgan fingerprint density at radius 1 is 1.45 bits per heavy atom. The summed E-state index contributed by atoms with van der Waals surface area (Å²) in [6, 6.07) is 0. The third-order valence-corrected chi connectivity index (χ3v) is 5.10. The van der Waals surface area contributed by atoms with Gasteiger partial charge in [0.05, 0.1) is 0 Å². The molecule has 0 spiro atoms. The first kappa shape index (κ1) is 13.2. The first-order chi connectivity index (χ1) is 9.62. The maximum absolute atomic E-state index is 12.5. The summed E-state index contributed by atoms with van der Waals surface area (Å²) >= 11 is 2.22. The Kier molecular flexibility index (Phi) is 3.27. The summed E-state index contributed by atoms with van der Waals surface area (Å²) in [7, 11) is -3.83. The van der Waals surface area contributed by atoms with Gasteiger partial charge in [0, 0.05) is 29.7 Å². The van der Waals surface area contributed by atoms with E-state index < -0.39 is 10.0 Å². The van der Waals surface area contributed by atoms with Crippen LogP contribution in [0.15, 0.2) is 16.6 Å². The molecule has 0 amide bonds. The lowest BCUT2D eigenvalue weighted by molar-refractivity contribution is 0.597. The van der Waals surface area contributed by atoms with Crippen LogP contribution in [0.2, 0.25) is 0 Å². The molecule has 3 rings (SSSR count). The summed E-state index contributed by atoms with van der Waals surface area (Å²) < 4.78 is 32.3. The summed E-state index contributed by atoms with van der Waals surface area (Å²) in [4.78, 5) is 4.86. The molecule has 106 valence electrons. The number of imidazole rings is 1. The molecule has 0 aliphatic heterocycles. The number of rotatable bonds is 5. The van der Waals surface area contributed by atoms with Gasteiger partial charge in [-0.05, 0) is 12.1 Å². The minimum Gasteiger partial charge on any atom is -0.368 e. The van der Waals surface area contributed by atoms with Crippen LogP contribution in [-0.2, 0) is 10.0 Å².